The number of methoxy groups -OCH3 is 2. The highest BCUT2D eigenvalue weighted by atomic mass is 79.9. The van der Waals surface area contributed by atoms with Crippen molar-refractivity contribution < 1.29 is 14.3 Å². The van der Waals surface area contributed by atoms with Crippen molar-refractivity contribution in [1.82, 2.24) is 0 Å². The van der Waals surface area contributed by atoms with Crippen molar-refractivity contribution in [2.24, 2.45) is 5.92 Å². The maximum Gasteiger partial charge on any atom is 0.313 e. The summed E-state index contributed by atoms with van der Waals surface area (Å²) in [5.41, 5.74) is 0.993. The van der Waals surface area contributed by atoms with Gasteiger partial charge in [0.1, 0.15) is 5.75 Å². The molecule has 1 aliphatic carbocycles. The zero-order valence-corrected chi connectivity index (χ0v) is 11.5. The van der Waals surface area contributed by atoms with Crippen LogP contribution in [-0.2, 0) is 9.53 Å². The number of hydrogen-bond acceptors (Lipinski definition) is 3. The summed E-state index contributed by atoms with van der Waals surface area (Å²) in [6.07, 6.45) is 2.20. The summed E-state index contributed by atoms with van der Waals surface area (Å²) in [5.74, 6) is 0.919. The predicted molar refractivity (Wildman–Crippen MR) is 68.2 cm³/mol. The molecule has 0 saturated heterocycles. The fourth-order valence-corrected chi connectivity index (χ4v) is 2.59. The summed E-state index contributed by atoms with van der Waals surface area (Å²) in [4.78, 5) is 11.8. The lowest BCUT2D eigenvalue weighted by Gasteiger charge is -2.15. The van der Waals surface area contributed by atoms with Gasteiger partial charge in [-0.3, -0.25) is 4.79 Å². The van der Waals surface area contributed by atoms with Crippen LogP contribution in [-0.4, -0.2) is 20.2 Å². The van der Waals surface area contributed by atoms with Crippen molar-refractivity contribution in [1.29, 1.82) is 0 Å². The normalized spacial score (nSPS) is 16.4. The molecule has 0 radical (unpaired) electrons. The Kier molecular flexibility index (Phi) is 3.72. The Bertz CT molecular complexity index is 427. The number of benzene rings is 1. The fourth-order valence-electron chi connectivity index (χ4n) is 2.03. The Labute approximate surface area is 109 Å². The first-order valence-electron chi connectivity index (χ1n) is 5.58. The second kappa shape index (κ2) is 5.08. The molecule has 1 aromatic carbocycles. The lowest BCUT2D eigenvalue weighted by molar-refractivity contribution is -0.143. The number of esters is 1. The lowest BCUT2D eigenvalue weighted by Crippen LogP contribution is -2.16. The highest BCUT2D eigenvalue weighted by Crippen LogP contribution is 2.44. The zero-order valence-electron chi connectivity index (χ0n) is 9.90. The molecule has 1 unspecified atom stereocenters. The van der Waals surface area contributed by atoms with E-state index in [9.17, 15) is 4.79 Å². The van der Waals surface area contributed by atoms with Gasteiger partial charge in [-0.05, 0) is 52.4 Å². The van der Waals surface area contributed by atoms with Crippen LogP contribution in [0.2, 0.25) is 0 Å². The van der Waals surface area contributed by atoms with Crippen LogP contribution in [0.25, 0.3) is 0 Å². The Morgan fingerprint density at radius 1 is 1.41 bits per heavy atom. The van der Waals surface area contributed by atoms with Crippen LogP contribution in [0.5, 0.6) is 5.75 Å². The van der Waals surface area contributed by atoms with Crippen LogP contribution in [0.1, 0.15) is 24.3 Å². The second-order valence-electron chi connectivity index (χ2n) is 4.23. The highest BCUT2D eigenvalue weighted by Gasteiger charge is 2.38. The predicted octanol–water partition coefficient (Wildman–Crippen LogP) is 3.12. The molecule has 0 bridgehead atoms. The first kappa shape index (κ1) is 12.4. The third kappa shape index (κ3) is 2.63. The Morgan fingerprint density at radius 2 is 2.12 bits per heavy atom. The number of hydrogen-bond donors (Lipinski definition) is 0. The van der Waals surface area contributed by atoms with Gasteiger partial charge >= 0.3 is 5.97 Å². The summed E-state index contributed by atoms with van der Waals surface area (Å²) >= 11 is 3.44. The molecule has 1 fully saturated rings. The molecule has 2 rings (SSSR count). The molecule has 0 amide bonds. The van der Waals surface area contributed by atoms with Gasteiger partial charge in [0.15, 0.2) is 0 Å². The van der Waals surface area contributed by atoms with Gasteiger partial charge in [0.25, 0.3) is 0 Å². The molecule has 0 aromatic heterocycles. The van der Waals surface area contributed by atoms with E-state index in [2.05, 4.69) is 15.9 Å². The quantitative estimate of drug-likeness (QED) is 0.801. The molecule has 4 heteroatoms. The smallest absolute Gasteiger partial charge is 0.313 e. The van der Waals surface area contributed by atoms with E-state index in [1.54, 1.807) is 7.11 Å². The number of carbonyl (C=O) groups excluding carboxylic acids is 1. The summed E-state index contributed by atoms with van der Waals surface area (Å²) in [6, 6.07) is 5.75. The van der Waals surface area contributed by atoms with E-state index >= 15 is 0 Å². The van der Waals surface area contributed by atoms with Gasteiger partial charge in [0, 0.05) is 0 Å². The maximum atomic E-state index is 11.8. The summed E-state index contributed by atoms with van der Waals surface area (Å²) < 4.78 is 10.9. The topological polar surface area (TPSA) is 35.5 Å². The molecule has 1 saturated carbocycles. The lowest BCUT2D eigenvalue weighted by atomic mass is 9.94. The van der Waals surface area contributed by atoms with Gasteiger partial charge in [-0.15, -0.1) is 0 Å². The Hall–Kier alpha value is -1.03. The first-order chi connectivity index (χ1) is 8.17. The second-order valence-corrected chi connectivity index (χ2v) is 5.09. The van der Waals surface area contributed by atoms with E-state index in [1.807, 2.05) is 18.2 Å². The van der Waals surface area contributed by atoms with Crippen LogP contribution in [0.3, 0.4) is 0 Å². The van der Waals surface area contributed by atoms with E-state index in [-0.39, 0.29) is 11.9 Å². The average Bonchev–Trinajstić information content (AvgIpc) is 3.14. The third-order valence-corrected chi connectivity index (χ3v) is 3.70. The summed E-state index contributed by atoms with van der Waals surface area (Å²) in [5, 5.41) is 0. The molecule has 92 valence electrons. The maximum absolute atomic E-state index is 11.8. The van der Waals surface area contributed by atoms with Gasteiger partial charge < -0.3 is 9.47 Å². The van der Waals surface area contributed by atoms with Crippen LogP contribution in [0.15, 0.2) is 22.7 Å². The Morgan fingerprint density at radius 3 is 2.59 bits per heavy atom. The molecular weight excluding hydrogens is 284 g/mol. The van der Waals surface area contributed by atoms with Crippen molar-refractivity contribution in [3.8, 4) is 5.75 Å². The molecule has 0 spiro atoms. The van der Waals surface area contributed by atoms with E-state index < -0.39 is 0 Å². The van der Waals surface area contributed by atoms with Crippen molar-refractivity contribution in [2.45, 2.75) is 18.8 Å². The summed E-state index contributed by atoms with van der Waals surface area (Å²) in [6.45, 7) is 0. The highest BCUT2D eigenvalue weighted by molar-refractivity contribution is 9.10. The minimum Gasteiger partial charge on any atom is -0.496 e. The number of carbonyl (C=O) groups is 1. The van der Waals surface area contributed by atoms with Crippen LogP contribution >= 0.6 is 15.9 Å². The van der Waals surface area contributed by atoms with Gasteiger partial charge in [-0.25, -0.2) is 0 Å². The van der Waals surface area contributed by atoms with Crippen molar-refractivity contribution >= 4 is 21.9 Å². The molecule has 0 heterocycles. The molecular formula is C13H15BrO3. The van der Waals surface area contributed by atoms with Gasteiger partial charge in [-0.1, -0.05) is 6.07 Å². The molecule has 17 heavy (non-hydrogen) atoms. The van der Waals surface area contributed by atoms with Crippen molar-refractivity contribution in [3.63, 3.8) is 0 Å². The van der Waals surface area contributed by atoms with E-state index in [1.165, 1.54) is 7.11 Å². The average molecular weight is 299 g/mol. The number of halogens is 1. The standard InChI is InChI=1S/C13H15BrO3/c1-16-11-6-5-9(7-10(11)14)12(8-3-4-8)13(15)17-2/h5-8,12H,3-4H2,1-2H3. The van der Waals surface area contributed by atoms with Crippen molar-refractivity contribution in [3.05, 3.63) is 28.2 Å². The number of rotatable bonds is 4. The van der Waals surface area contributed by atoms with Crippen molar-refractivity contribution in [2.75, 3.05) is 14.2 Å². The molecule has 1 aliphatic rings. The van der Waals surface area contributed by atoms with E-state index in [4.69, 9.17) is 9.47 Å². The third-order valence-electron chi connectivity index (χ3n) is 3.08. The first-order valence-corrected chi connectivity index (χ1v) is 6.38. The van der Waals surface area contributed by atoms with E-state index in [0.29, 0.717) is 5.92 Å². The zero-order chi connectivity index (χ0) is 12.4. The summed E-state index contributed by atoms with van der Waals surface area (Å²) in [7, 11) is 3.06. The van der Waals surface area contributed by atoms with E-state index in [0.717, 1.165) is 28.6 Å². The van der Waals surface area contributed by atoms with Gasteiger partial charge in [0.05, 0.1) is 24.6 Å². The molecule has 3 nitrogen and oxygen atoms in total. The van der Waals surface area contributed by atoms with Crippen LogP contribution < -0.4 is 4.74 Å². The molecule has 1 aromatic rings. The molecule has 1 atom stereocenters. The molecule has 0 N–H and O–H groups in total. The van der Waals surface area contributed by atoms with Crippen LogP contribution in [0, 0.1) is 5.92 Å². The fraction of sp³-hybridized carbons (Fsp3) is 0.462. The van der Waals surface area contributed by atoms with Gasteiger partial charge in [-0.2, -0.15) is 0 Å². The SMILES string of the molecule is COC(=O)C(c1ccc(OC)c(Br)c1)C1CC1. The number of ether oxygens (including phenoxy) is 2. The minimum atomic E-state index is -0.149. The van der Waals surface area contributed by atoms with Crippen LogP contribution in [0.4, 0.5) is 0 Å². The minimum absolute atomic E-state index is 0.137. The Balaban J connectivity index is 2.30. The monoisotopic (exact) mass is 298 g/mol. The largest absolute Gasteiger partial charge is 0.496 e. The molecule has 0 aliphatic heterocycles. The van der Waals surface area contributed by atoms with Gasteiger partial charge in [0.2, 0.25) is 0 Å².